The van der Waals surface area contributed by atoms with E-state index in [1.54, 1.807) is 6.07 Å². The lowest BCUT2D eigenvalue weighted by Crippen LogP contribution is -2.30. The number of ether oxygens (including phenoxy) is 1. The Balaban J connectivity index is 1.69. The number of hydrogen-bond acceptors (Lipinski definition) is 3. The van der Waals surface area contributed by atoms with Crippen molar-refractivity contribution in [2.45, 2.75) is 6.42 Å². The molecule has 0 bridgehead atoms. The second-order valence-electron chi connectivity index (χ2n) is 4.54. The first-order valence-electron chi connectivity index (χ1n) is 6.57. The van der Waals surface area contributed by atoms with Gasteiger partial charge in [-0.05, 0) is 30.2 Å². The highest BCUT2D eigenvalue weighted by atomic mass is 35.5. The summed E-state index contributed by atoms with van der Waals surface area (Å²) >= 11 is 11.6. The molecule has 0 radical (unpaired) electrons. The molecule has 1 aromatic heterocycles. The van der Waals surface area contributed by atoms with Crippen LogP contribution in [0.25, 0.3) is 0 Å². The van der Waals surface area contributed by atoms with E-state index in [9.17, 15) is 9.59 Å². The summed E-state index contributed by atoms with van der Waals surface area (Å²) in [5.41, 5.74) is 1.22. The maximum Gasteiger partial charge on any atom is 0.355 e. The van der Waals surface area contributed by atoms with Crippen molar-refractivity contribution in [3.63, 3.8) is 0 Å². The highest BCUT2D eigenvalue weighted by Gasteiger charge is 2.11. The van der Waals surface area contributed by atoms with Gasteiger partial charge in [0.25, 0.3) is 5.91 Å². The Kier molecular flexibility index (Phi) is 5.86. The molecule has 1 heterocycles. The van der Waals surface area contributed by atoms with Crippen LogP contribution in [0.3, 0.4) is 0 Å². The Hall–Kier alpha value is -1.98. The minimum atomic E-state index is -0.628. The zero-order valence-corrected chi connectivity index (χ0v) is 13.1. The van der Waals surface area contributed by atoms with Gasteiger partial charge < -0.3 is 15.0 Å². The summed E-state index contributed by atoms with van der Waals surface area (Å²) < 4.78 is 4.86. The maximum absolute atomic E-state index is 11.6. The number of hydrogen-bond donors (Lipinski definition) is 2. The van der Waals surface area contributed by atoms with Crippen molar-refractivity contribution in [1.29, 1.82) is 0 Å². The van der Waals surface area contributed by atoms with Gasteiger partial charge in [-0.25, -0.2) is 4.79 Å². The molecule has 0 atom stereocenters. The standard InChI is InChI=1S/C15H14Cl2N2O3/c16-11-3-1-2-10(6-11)4-5-18-14(20)9-22-15(21)13-7-12(17)8-19-13/h1-3,6-8,19H,4-5,9H2,(H,18,20). The van der Waals surface area contributed by atoms with Gasteiger partial charge in [-0.15, -0.1) is 0 Å². The molecule has 0 saturated heterocycles. The van der Waals surface area contributed by atoms with Crippen LogP contribution in [0.4, 0.5) is 0 Å². The van der Waals surface area contributed by atoms with E-state index in [1.165, 1.54) is 12.3 Å². The van der Waals surface area contributed by atoms with E-state index in [4.69, 9.17) is 27.9 Å². The van der Waals surface area contributed by atoms with Crippen LogP contribution >= 0.6 is 23.2 Å². The number of halogens is 2. The summed E-state index contributed by atoms with van der Waals surface area (Å²) in [5.74, 6) is -0.995. The number of carbonyl (C=O) groups is 2. The van der Waals surface area contributed by atoms with Crippen molar-refractivity contribution in [2.24, 2.45) is 0 Å². The van der Waals surface area contributed by atoms with Crippen molar-refractivity contribution in [3.8, 4) is 0 Å². The minimum absolute atomic E-state index is 0.205. The molecule has 2 aromatic rings. The van der Waals surface area contributed by atoms with Gasteiger partial charge in [0.15, 0.2) is 6.61 Å². The SMILES string of the molecule is O=C(COC(=O)c1cc(Cl)c[nH]1)NCCc1cccc(Cl)c1. The van der Waals surface area contributed by atoms with E-state index in [1.807, 2.05) is 18.2 Å². The summed E-state index contributed by atoms with van der Waals surface area (Å²) in [6.45, 7) is 0.0933. The topological polar surface area (TPSA) is 71.2 Å². The lowest BCUT2D eigenvalue weighted by molar-refractivity contribution is -0.124. The number of amides is 1. The molecule has 22 heavy (non-hydrogen) atoms. The highest BCUT2D eigenvalue weighted by Crippen LogP contribution is 2.11. The molecule has 0 aliphatic heterocycles. The third kappa shape index (κ3) is 5.09. The lowest BCUT2D eigenvalue weighted by atomic mass is 10.1. The van der Waals surface area contributed by atoms with Crippen molar-refractivity contribution < 1.29 is 14.3 Å². The first-order chi connectivity index (χ1) is 10.5. The summed E-state index contributed by atoms with van der Waals surface area (Å²) in [6, 6.07) is 8.83. The average molecular weight is 341 g/mol. The Bertz CT molecular complexity index is 670. The van der Waals surface area contributed by atoms with E-state index in [0.717, 1.165) is 5.56 Å². The number of H-pyrrole nitrogens is 1. The fourth-order valence-corrected chi connectivity index (χ4v) is 2.16. The molecule has 2 rings (SSSR count). The second-order valence-corrected chi connectivity index (χ2v) is 5.41. The molecule has 0 spiro atoms. The predicted molar refractivity (Wildman–Crippen MR) is 84.3 cm³/mol. The van der Waals surface area contributed by atoms with Crippen molar-refractivity contribution in [1.82, 2.24) is 10.3 Å². The van der Waals surface area contributed by atoms with Crippen LogP contribution in [0.1, 0.15) is 16.1 Å². The van der Waals surface area contributed by atoms with Gasteiger partial charge in [-0.2, -0.15) is 0 Å². The summed E-state index contributed by atoms with van der Waals surface area (Å²) in [4.78, 5) is 25.8. The normalized spacial score (nSPS) is 10.3. The maximum atomic E-state index is 11.6. The molecular weight excluding hydrogens is 327 g/mol. The van der Waals surface area contributed by atoms with E-state index in [2.05, 4.69) is 10.3 Å². The number of nitrogens with one attached hydrogen (secondary N) is 2. The largest absolute Gasteiger partial charge is 0.451 e. The van der Waals surface area contributed by atoms with E-state index in [0.29, 0.717) is 23.0 Å². The van der Waals surface area contributed by atoms with Crippen LogP contribution in [0.5, 0.6) is 0 Å². The third-order valence-electron chi connectivity index (χ3n) is 2.83. The van der Waals surface area contributed by atoms with Crippen LogP contribution in [0, 0.1) is 0 Å². The Morgan fingerprint density at radius 2 is 2.00 bits per heavy atom. The third-order valence-corrected chi connectivity index (χ3v) is 3.28. The molecule has 0 saturated carbocycles. The number of rotatable bonds is 6. The minimum Gasteiger partial charge on any atom is -0.451 e. The molecule has 116 valence electrons. The van der Waals surface area contributed by atoms with Crippen LogP contribution < -0.4 is 5.32 Å². The van der Waals surface area contributed by atoms with Gasteiger partial charge in [0.05, 0.1) is 5.02 Å². The molecule has 0 aliphatic carbocycles. The van der Waals surface area contributed by atoms with Gasteiger partial charge in [-0.1, -0.05) is 35.3 Å². The number of esters is 1. The first-order valence-corrected chi connectivity index (χ1v) is 7.32. The number of aromatic nitrogens is 1. The molecule has 7 heteroatoms. The molecule has 0 unspecified atom stereocenters. The lowest BCUT2D eigenvalue weighted by Gasteiger charge is -2.06. The van der Waals surface area contributed by atoms with Crippen LogP contribution in [0.2, 0.25) is 10.0 Å². The highest BCUT2D eigenvalue weighted by molar-refractivity contribution is 6.31. The van der Waals surface area contributed by atoms with E-state index in [-0.39, 0.29) is 18.2 Å². The molecule has 1 amide bonds. The Labute approximate surface area is 137 Å². The molecule has 0 aliphatic rings. The second kappa shape index (κ2) is 7.87. The quantitative estimate of drug-likeness (QED) is 0.794. The zero-order chi connectivity index (χ0) is 15.9. The fourth-order valence-electron chi connectivity index (χ4n) is 1.78. The summed E-state index contributed by atoms with van der Waals surface area (Å²) in [6.07, 6.45) is 2.11. The van der Waals surface area contributed by atoms with Gasteiger partial charge in [-0.3, -0.25) is 4.79 Å². The molecule has 0 fully saturated rings. The predicted octanol–water partition coefficient (Wildman–Crippen LogP) is 2.84. The van der Waals surface area contributed by atoms with Crippen LogP contribution in [-0.4, -0.2) is 30.0 Å². The monoisotopic (exact) mass is 340 g/mol. The Morgan fingerprint density at radius 1 is 1.18 bits per heavy atom. The fraction of sp³-hybridized carbons (Fsp3) is 0.200. The van der Waals surface area contributed by atoms with Gasteiger partial charge in [0, 0.05) is 17.8 Å². The van der Waals surface area contributed by atoms with E-state index >= 15 is 0 Å². The number of carbonyl (C=O) groups excluding carboxylic acids is 2. The Morgan fingerprint density at radius 3 is 2.68 bits per heavy atom. The average Bonchev–Trinajstić information content (AvgIpc) is 2.91. The van der Waals surface area contributed by atoms with Crippen LogP contribution in [0.15, 0.2) is 36.5 Å². The summed E-state index contributed by atoms with van der Waals surface area (Å²) in [5, 5.41) is 3.72. The van der Waals surface area contributed by atoms with Crippen molar-refractivity contribution >= 4 is 35.1 Å². The van der Waals surface area contributed by atoms with E-state index < -0.39 is 5.97 Å². The van der Waals surface area contributed by atoms with Gasteiger partial charge >= 0.3 is 5.97 Å². The van der Waals surface area contributed by atoms with Crippen molar-refractivity contribution in [3.05, 3.63) is 57.8 Å². The number of benzene rings is 1. The number of aromatic amines is 1. The molecular formula is C15H14Cl2N2O3. The summed E-state index contributed by atoms with van der Waals surface area (Å²) in [7, 11) is 0. The molecule has 5 nitrogen and oxygen atoms in total. The zero-order valence-electron chi connectivity index (χ0n) is 11.6. The smallest absolute Gasteiger partial charge is 0.355 e. The molecule has 2 N–H and O–H groups in total. The first kappa shape index (κ1) is 16.4. The van der Waals surface area contributed by atoms with Crippen molar-refractivity contribution in [2.75, 3.05) is 13.2 Å². The molecule has 1 aromatic carbocycles. The van der Waals surface area contributed by atoms with Gasteiger partial charge in [0.1, 0.15) is 5.69 Å². The van der Waals surface area contributed by atoms with Gasteiger partial charge in [0.2, 0.25) is 0 Å². The van der Waals surface area contributed by atoms with Crippen LogP contribution in [-0.2, 0) is 16.0 Å².